The molecule has 0 saturated carbocycles. The van der Waals surface area contributed by atoms with Gasteiger partial charge in [0.25, 0.3) is 5.56 Å². The summed E-state index contributed by atoms with van der Waals surface area (Å²) in [4.78, 5) is 43.8. The van der Waals surface area contributed by atoms with Gasteiger partial charge in [-0.15, -0.1) is 0 Å². The number of nitrogens with zero attached hydrogens (tertiary/aromatic N) is 3. The lowest BCUT2D eigenvalue weighted by molar-refractivity contribution is -0.127. The molecule has 0 N–H and O–H groups in total. The number of esters is 1. The molecule has 32 heavy (non-hydrogen) atoms. The molecule has 2 heterocycles. The fourth-order valence-corrected chi connectivity index (χ4v) is 4.05. The van der Waals surface area contributed by atoms with E-state index in [-0.39, 0.29) is 17.2 Å². The Morgan fingerprint density at radius 1 is 1.25 bits per heavy atom. The maximum Gasteiger partial charge on any atom is 0.337 e. The third-order valence-corrected chi connectivity index (χ3v) is 5.76. The number of fused-ring (bicyclic) bond motifs is 1. The first-order valence-electron chi connectivity index (χ1n) is 9.95. The molecule has 1 aromatic carbocycles. The lowest BCUT2D eigenvalue weighted by Crippen LogP contribution is -2.29. The van der Waals surface area contributed by atoms with Crippen molar-refractivity contribution in [3.05, 3.63) is 58.3 Å². The monoisotopic (exact) mass is 459 g/mol. The number of aromatic nitrogens is 2. The van der Waals surface area contributed by atoms with Crippen LogP contribution in [0.3, 0.4) is 0 Å². The summed E-state index contributed by atoms with van der Waals surface area (Å²) in [6.45, 7) is 1.23. The summed E-state index contributed by atoms with van der Waals surface area (Å²) < 4.78 is 16.7. The lowest BCUT2D eigenvalue weighted by Gasteiger charge is -2.17. The molecule has 0 fully saturated rings. The summed E-state index contributed by atoms with van der Waals surface area (Å²) in [6, 6.07) is 8.20. The van der Waals surface area contributed by atoms with E-state index in [0.717, 1.165) is 0 Å². The Kier molecular flexibility index (Phi) is 8.07. The Labute approximate surface area is 189 Å². The molecule has 3 aromatic rings. The van der Waals surface area contributed by atoms with E-state index >= 15 is 0 Å². The standard InChI is InChI=1S/C22H25N3O6S/c1-24(13-16-6-4-11-31-16)19(26)14-32-22-23-18-12-15(21(28)30-3)7-8-17(18)20(27)25(22)9-5-10-29-2/h4,6-8,11-12H,5,9-10,13-14H2,1-3H3. The highest BCUT2D eigenvalue weighted by Crippen LogP contribution is 2.20. The van der Waals surface area contributed by atoms with Crippen molar-refractivity contribution in [3.8, 4) is 0 Å². The topological polar surface area (TPSA) is 104 Å². The minimum absolute atomic E-state index is 0.0934. The van der Waals surface area contributed by atoms with Gasteiger partial charge in [0, 0.05) is 27.3 Å². The molecule has 1 amide bonds. The van der Waals surface area contributed by atoms with Gasteiger partial charge >= 0.3 is 5.97 Å². The maximum atomic E-state index is 13.1. The molecular weight excluding hydrogens is 434 g/mol. The second-order valence-electron chi connectivity index (χ2n) is 7.04. The van der Waals surface area contributed by atoms with Crippen molar-refractivity contribution < 1.29 is 23.5 Å². The quantitative estimate of drug-likeness (QED) is 0.197. The summed E-state index contributed by atoms with van der Waals surface area (Å²) in [5.41, 5.74) is 0.440. The van der Waals surface area contributed by atoms with Crippen molar-refractivity contribution in [1.29, 1.82) is 0 Å². The van der Waals surface area contributed by atoms with Gasteiger partial charge in [-0.3, -0.25) is 14.2 Å². The molecule has 0 aliphatic heterocycles. The molecule has 170 valence electrons. The number of methoxy groups -OCH3 is 2. The van der Waals surface area contributed by atoms with Gasteiger partial charge in [-0.25, -0.2) is 9.78 Å². The van der Waals surface area contributed by atoms with Crippen LogP contribution >= 0.6 is 11.8 Å². The zero-order valence-corrected chi connectivity index (χ0v) is 19.0. The van der Waals surface area contributed by atoms with Crippen molar-refractivity contribution in [2.45, 2.75) is 24.7 Å². The summed E-state index contributed by atoms with van der Waals surface area (Å²) in [6.07, 6.45) is 2.17. The highest BCUT2D eigenvalue weighted by Gasteiger charge is 2.17. The summed E-state index contributed by atoms with van der Waals surface area (Å²) >= 11 is 1.18. The van der Waals surface area contributed by atoms with Crippen molar-refractivity contribution in [3.63, 3.8) is 0 Å². The van der Waals surface area contributed by atoms with Crippen molar-refractivity contribution in [2.24, 2.45) is 0 Å². The fourth-order valence-electron chi connectivity index (χ4n) is 3.08. The molecule has 3 rings (SSSR count). The largest absolute Gasteiger partial charge is 0.467 e. The number of ether oxygens (including phenoxy) is 2. The lowest BCUT2D eigenvalue weighted by atomic mass is 10.1. The number of carbonyl (C=O) groups excluding carboxylic acids is 2. The number of amides is 1. The number of carbonyl (C=O) groups is 2. The first-order valence-corrected chi connectivity index (χ1v) is 10.9. The zero-order chi connectivity index (χ0) is 23.1. The Morgan fingerprint density at radius 2 is 2.06 bits per heavy atom. The van der Waals surface area contributed by atoms with Crippen LogP contribution in [0.5, 0.6) is 0 Å². The number of hydrogen-bond acceptors (Lipinski definition) is 8. The van der Waals surface area contributed by atoms with Crippen LogP contribution in [0.25, 0.3) is 10.9 Å². The van der Waals surface area contributed by atoms with Gasteiger partial charge in [-0.1, -0.05) is 11.8 Å². The van der Waals surface area contributed by atoms with E-state index in [9.17, 15) is 14.4 Å². The van der Waals surface area contributed by atoms with Gasteiger partial charge in [0.05, 0.1) is 42.1 Å². The molecule has 0 aliphatic rings. The first kappa shape index (κ1) is 23.6. The van der Waals surface area contributed by atoms with Crippen LogP contribution in [0.4, 0.5) is 0 Å². The molecule has 2 aromatic heterocycles. The average molecular weight is 460 g/mol. The molecule has 10 heteroatoms. The summed E-state index contributed by atoms with van der Waals surface area (Å²) in [7, 11) is 4.58. The molecular formula is C22H25N3O6S. The Bertz CT molecular complexity index is 1140. The number of thioether (sulfide) groups is 1. The fraction of sp³-hybridized carbons (Fsp3) is 0.364. The predicted molar refractivity (Wildman–Crippen MR) is 120 cm³/mol. The van der Waals surface area contributed by atoms with E-state index in [0.29, 0.717) is 53.5 Å². The van der Waals surface area contributed by atoms with Gasteiger partial charge < -0.3 is 18.8 Å². The van der Waals surface area contributed by atoms with E-state index in [1.807, 2.05) is 0 Å². The number of furan rings is 1. The molecule has 0 atom stereocenters. The Balaban J connectivity index is 1.87. The molecule has 0 spiro atoms. The third kappa shape index (κ3) is 5.57. The van der Waals surface area contributed by atoms with Crippen LogP contribution in [0.2, 0.25) is 0 Å². The van der Waals surface area contributed by atoms with Gasteiger partial charge in [-0.2, -0.15) is 0 Å². The van der Waals surface area contributed by atoms with E-state index in [1.165, 1.54) is 31.0 Å². The minimum atomic E-state index is -0.512. The molecule has 0 bridgehead atoms. The zero-order valence-electron chi connectivity index (χ0n) is 18.2. The third-order valence-electron chi connectivity index (χ3n) is 4.80. The first-order chi connectivity index (χ1) is 15.4. The molecule has 0 saturated heterocycles. The van der Waals surface area contributed by atoms with Gasteiger partial charge in [0.2, 0.25) is 5.91 Å². The van der Waals surface area contributed by atoms with E-state index < -0.39 is 5.97 Å². The highest BCUT2D eigenvalue weighted by molar-refractivity contribution is 7.99. The van der Waals surface area contributed by atoms with Gasteiger partial charge in [-0.05, 0) is 36.8 Å². The van der Waals surface area contributed by atoms with Crippen LogP contribution < -0.4 is 5.56 Å². The van der Waals surface area contributed by atoms with Crippen molar-refractivity contribution >= 4 is 34.5 Å². The molecule has 0 unspecified atom stereocenters. The van der Waals surface area contributed by atoms with Crippen LogP contribution in [0.15, 0.2) is 51.0 Å². The van der Waals surface area contributed by atoms with E-state index in [4.69, 9.17) is 13.9 Å². The molecule has 0 radical (unpaired) electrons. The maximum absolute atomic E-state index is 13.1. The Morgan fingerprint density at radius 3 is 2.75 bits per heavy atom. The van der Waals surface area contributed by atoms with Crippen LogP contribution in [0.1, 0.15) is 22.5 Å². The summed E-state index contributed by atoms with van der Waals surface area (Å²) in [5, 5.41) is 0.793. The Hall–Kier alpha value is -3.11. The van der Waals surface area contributed by atoms with Crippen LogP contribution in [0, 0.1) is 0 Å². The SMILES string of the molecule is COCCCn1c(SCC(=O)N(C)Cc2ccco2)nc2cc(C(=O)OC)ccc2c1=O. The van der Waals surface area contributed by atoms with Crippen LogP contribution in [-0.4, -0.2) is 60.0 Å². The van der Waals surface area contributed by atoms with Gasteiger partial charge in [0.15, 0.2) is 5.16 Å². The summed E-state index contributed by atoms with van der Waals surface area (Å²) in [5.74, 6) is 0.131. The predicted octanol–water partition coefficient (Wildman–Crippen LogP) is 2.56. The van der Waals surface area contributed by atoms with Gasteiger partial charge in [0.1, 0.15) is 5.76 Å². The van der Waals surface area contributed by atoms with E-state index in [1.54, 1.807) is 48.1 Å². The molecule has 0 aliphatic carbocycles. The smallest absolute Gasteiger partial charge is 0.337 e. The second kappa shape index (κ2) is 11.0. The number of rotatable bonds is 10. The van der Waals surface area contributed by atoms with Crippen LogP contribution in [-0.2, 0) is 27.4 Å². The second-order valence-corrected chi connectivity index (χ2v) is 7.98. The van der Waals surface area contributed by atoms with E-state index in [2.05, 4.69) is 4.98 Å². The average Bonchev–Trinajstić information content (AvgIpc) is 3.31. The normalized spacial score (nSPS) is 11.0. The van der Waals surface area contributed by atoms with Crippen molar-refractivity contribution in [1.82, 2.24) is 14.5 Å². The van der Waals surface area contributed by atoms with Crippen molar-refractivity contribution in [2.75, 3.05) is 33.6 Å². The highest BCUT2D eigenvalue weighted by atomic mass is 32.2. The minimum Gasteiger partial charge on any atom is -0.467 e. The number of benzene rings is 1. The number of hydrogen-bond donors (Lipinski definition) is 0. The molecule has 9 nitrogen and oxygen atoms in total.